The molecule has 0 aliphatic carbocycles. The number of thiophene rings is 1. The second-order valence-electron chi connectivity index (χ2n) is 21.5. The average Bonchev–Trinajstić information content (AvgIpc) is 4.00. The van der Waals surface area contributed by atoms with Crippen LogP contribution in [0.15, 0.2) is 217 Å². The first-order chi connectivity index (χ1) is 36.4. The van der Waals surface area contributed by atoms with Gasteiger partial charge in [0.05, 0.1) is 25.2 Å². The van der Waals surface area contributed by atoms with Crippen LogP contribution in [0.4, 0.5) is 0 Å². The van der Waals surface area contributed by atoms with Gasteiger partial charge in [0.1, 0.15) is 11.2 Å². The Kier molecular flexibility index (Phi) is 16.8. The molecule has 0 spiro atoms. The Balaban J connectivity index is 0.000000160. The maximum atomic E-state index is 6.59. The van der Waals surface area contributed by atoms with Crippen molar-refractivity contribution in [3.63, 3.8) is 0 Å². The molecule has 381 valence electrons. The molecule has 0 saturated heterocycles. The van der Waals surface area contributed by atoms with Gasteiger partial charge in [-0.15, -0.1) is 11.3 Å². The Morgan fingerprint density at radius 1 is 0.474 bits per heavy atom. The van der Waals surface area contributed by atoms with Gasteiger partial charge < -0.3 is 4.42 Å². The summed E-state index contributed by atoms with van der Waals surface area (Å²) in [5.74, 6) is 1.36. The molecule has 0 aliphatic heterocycles. The monoisotopic (exact) mass is 1200 g/mol. The van der Waals surface area contributed by atoms with Crippen LogP contribution in [0.25, 0.3) is 98.1 Å². The van der Waals surface area contributed by atoms with Gasteiger partial charge in [-0.25, -0.2) is 0 Å². The van der Waals surface area contributed by atoms with E-state index in [0.29, 0.717) is 11.8 Å². The molecule has 12 aromatic rings. The number of furan rings is 1. The minimum absolute atomic E-state index is 0. The molecule has 12 rings (SSSR count). The quantitative estimate of drug-likeness (QED) is 0.128. The van der Waals surface area contributed by atoms with Crippen molar-refractivity contribution in [3.05, 3.63) is 229 Å². The van der Waals surface area contributed by atoms with Crippen LogP contribution in [0, 0.1) is 18.8 Å². The molecule has 0 saturated carbocycles. The molecule has 0 bridgehead atoms. The van der Waals surface area contributed by atoms with Gasteiger partial charge in [0, 0.05) is 91.9 Å². The number of hydrogen-bond donors (Lipinski definition) is 0. The van der Waals surface area contributed by atoms with E-state index >= 15 is 0 Å². The predicted molar refractivity (Wildman–Crippen MR) is 325 cm³/mol. The molecule has 4 nitrogen and oxygen atoms in total. The Hall–Kier alpha value is -7.12. The van der Waals surface area contributed by atoms with Crippen molar-refractivity contribution < 1.29 is 24.5 Å². The third-order valence-corrected chi connectivity index (χ3v) is 17.0. The largest absolute Gasteiger partial charge is 0.455 e. The maximum Gasteiger partial charge on any atom is 0.144 e. The summed E-state index contributed by atoms with van der Waals surface area (Å²) in [6.45, 7) is 18.4. The molecule has 0 atom stereocenters. The Labute approximate surface area is 467 Å². The van der Waals surface area contributed by atoms with E-state index in [1.807, 2.05) is 48.0 Å². The zero-order valence-corrected chi connectivity index (χ0v) is 49.0. The fraction of sp³-hybridized carbons (Fsp3) is 0.174. The number of pyridine rings is 3. The molecule has 76 heavy (non-hydrogen) atoms. The molecule has 5 aromatic heterocycles. The Bertz CT molecular complexity index is 3900. The van der Waals surface area contributed by atoms with Gasteiger partial charge in [-0.3, -0.25) is 15.0 Å². The van der Waals surface area contributed by atoms with Gasteiger partial charge >= 0.3 is 0 Å². The summed E-state index contributed by atoms with van der Waals surface area (Å²) < 4.78 is 9.22. The molecule has 0 aliphatic rings. The standard InChI is InChI=1S/C36H23NOS.C18H25NSi.C15H17N.Ir/c1-22-19-32(37-21-31(22)23-9-3-2-4-10-23)30-15-8-13-28-26-18-17-24(20-33(26)38-35(28)30)25-12-7-14-29-27-11-5-6-16-34(27)39-36(25)29;1-14(2)11-16-12-17(15-9-7-6-8-10-15)19-13-18(16)20(3,4)5;1-12(2)10-13-8-9-16-15(11-13)14-6-4-3-5-7-14;/h2-21H,1H3;6-10,12-14H,11H2,1-5H3;3-9,11-12H,10H2,1-2H3;. The molecule has 0 amide bonds. The molecular formula is C69H65IrN3OSSi. The zero-order chi connectivity index (χ0) is 52.1. The van der Waals surface area contributed by atoms with Crippen LogP contribution >= 0.6 is 11.3 Å². The van der Waals surface area contributed by atoms with Crippen molar-refractivity contribution in [2.24, 2.45) is 11.8 Å². The van der Waals surface area contributed by atoms with Gasteiger partial charge in [0.25, 0.3) is 0 Å². The van der Waals surface area contributed by atoms with E-state index in [9.17, 15) is 0 Å². The molecule has 0 unspecified atom stereocenters. The SMILES string of the molecule is CC(C)Cc1cc(-c2ccccc2)ncc1[Si](C)(C)C.CC(C)Cc1ccnc(-c2ccccc2)c1.Cc1cc(-c2cccc3c2oc2cc(-c4cccc5c4sc4ccccc45)ccc23)ncc1-c1ccccc1.[Ir]. The van der Waals surface area contributed by atoms with E-state index in [2.05, 4.69) is 235 Å². The maximum absolute atomic E-state index is 6.59. The Morgan fingerprint density at radius 2 is 1.07 bits per heavy atom. The first-order valence-electron chi connectivity index (χ1n) is 26.3. The molecule has 0 N–H and O–H groups in total. The summed E-state index contributed by atoms with van der Waals surface area (Å²) in [5, 5.41) is 6.36. The van der Waals surface area contributed by atoms with Crippen LogP contribution < -0.4 is 5.19 Å². The zero-order valence-electron chi connectivity index (χ0n) is 44.8. The van der Waals surface area contributed by atoms with Crippen molar-refractivity contribution >= 4 is 66.7 Å². The van der Waals surface area contributed by atoms with Crippen molar-refractivity contribution in [3.8, 4) is 56.0 Å². The van der Waals surface area contributed by atoms with Crippen molar-refractivity contribution in [2.75, 3.05) is 0 Å². The van der Waals surface area contributed by atoms with E-state index < -0.39 is 8.07 Å². The van der Waals surface area contributed by atoms with Gasteiger partial charge in [0.15, 0.2) is 0 Å². The smallest absolute Gasteiger partial charge is 0.144 e. The molecule has 7 heteroatoms. The van der Waals surface area contributed by atoms with Crippen LogP contribution in [0.1, 0.15) is 44.4 Å². The Morgan fingerprint density at radius 3 is 1.72 bits per heavy atom. The number of rotatable bonds is 10. The first-order valence-corrected chi connectivity index (χ1v) is 30.6. The van der Waals surface area contributed by atoms with Gasteiger partial charge in [-0.1, -0.05) is 193 Å². The summed E-state index contributed by atoms with van der Waals surface area (Å²) in [4.78, 5) is 14.0. The summed E-state index contributed by atoms with van der Waals surface area (Å²) >= 11 is 1.86. The molecule has 5 heterocycles. The summed E-state index contributed by atoms with van der Waals surface area (Å²) in [6.07, 6.45) is 8.27. The topological polar surface area (TPSA) is 51.8 Å². The molecular weight excluding hydrogens is 1140 g/mol. The summed E-state index contributed by atoms with van der Waals surface area (Å²) in [6, 6.07) is 68.2. The second-order valence-corrected chi connectivity index (χ2v) is 27.6. The number of fused-ring (bicyclic) bond motifs is 6. The predicted octanol–water partition coefficient (Wildman–Crippen LogP) is 19.1. The van der Waals surface area contributed by atoms with Crippen LogP contribution in [-0.2, 0) is 32.9 Å². The number of nitrogens with zero attached hydrogens (tertiary/aromatic N) is 3. The van der Waals surface area contributed by atoms with E-state index in [4.69, 9.17) is 14.4 Å². The van der Waals surface area contributed by atoms with Crippen LogP contribution in [0.5, 0.6) is 0 Å². The summed E-state index contributed by atoms with van der Waals surface area (Å²) in [7, 11) is -1.33. The second kappa shape index (κ2) is 23.8. The fourth-order valence-electron chi connectivity index (χ4n) is 10.2. The number of para-hydroxylation sites is 1. The summed E-state index contributed by atoms with van der Waals surface area (Å²) in [5.41, 5.74) is 17.1. The van der Waals surface area contributed by atoms with Crippen LogP contribution in [0.2, 0.25) is 19.6 Å². The van der Waals surface area contributed by atoms with E-state index in [-0.39, 0.29) is 20.1 Å². The van der Waals surface area contributed by atoms with Crippen LogP contribution in [-0.4, -0.2) is 23.0 Å². The van der Waals surface area contributed by atoms with Crippen molar-refractivity contribution in [1.29, 1.82) is 0 Å². The van der Waals surface area contributed by atoms with Gasteiger partial charge in [-0.2, -0.15) is 0 Å². The number of benzene rings is 7. The molecule has 7 aromatic carbocycles. The molecule has 1 radical (unpaired) electrons. The minimum atomic E-state index is -1.33. The number of aryl methyl sites for hydroxylation is 1. The van der Waals surface area contributed by atoms with Gasteiger partial charge in [0.2, 0.25) is 0 Å². The van der Waals surface area contributed by atoms with Gasteiger partial charge in [-0.05, 0) is 119 Å². The third kappa shape index (κ3) is 12.1. The number of hydrogen-bond acceptors (Lipinski definition) is 5. The first kappa shape index (κ1) is 53.7. The van der Waals surface area contributed by atoms with Crippen molar-refractivity contribution in [2.45, 2.75) is 67.1 Å². The van der Waals surface area contributed by atoms with E-state index in [1.54, 1.807) is 0 Å². The van der Waals surface area contributed by atoms with Crippen LogP contribution in [0.3, 0.4) is 0 Å². The van der Waals surface area contributed by atoms with E-state index in [1.165, 1.54) is 69.9 Å². The normalized spacial score (nSPS) is 11.4. The minimum Gasteiger partial charge on any atom is -0.455 e. The number of aromatic nitrogens is 3. The van der Waals surface area contributed by atoms with Crippen molar-refractivity contribution in [1.82, 2.24) is 15.0 Å². The average molecular weight is 1200 g/mol. The third-order valence-electron chi connectivity index (χ3n) is 13.7. The van der Waals surface area contributed by atoms with E-state index in [0.717, 1.165) is 63.0 Å². The molecule has 0 fully saturated rings. The fourth-order valence-corrected chi connectivity index (χ4v) is 13.0.